The van der Waals surface area contributed by atoms with Gasteiger partial charge in [0.15, 0.2) is 4.34 Å². The number of amides is 1. The van der Waals surface area contributed by atoms with E-state index >= 15 is 0 Å². The number of hydrogen-bond donors (Lipinski definition) is 1. The lowest BCUT2D eigenvalue weighted by Gasteiger charge is -2.31. The topological polar surface area (TPSA) is 92.3 Å². The first-order valence-electron chi connectivity index (χ1n) is 8.82. The van der Waals surface area contributed by atoms with Gasteiger partial charge in [-0.1, -0.05) is 48.5 Å². The Labute approximate surface area is 177 Å². The van der Waals surface area contributed by atoms with Gasteiger partial charge >= 0.3 is 0 Å². The molecule has 1 saturated heterocycles. The van der Waals surface area contributed by atoms with E-state index in [4.69, 9.17) is 11.6 Å². The van der Waals surface area contributed by atoms with E-state index < -0.39 is 15.9 Å². The largest absolute Gasteiger partial charge is 0.300 e. The molecule has 3 rings (SSSR count). The maximum atomic E-state index is 12.9. The Morgan fingerprint density at radius 2 is 2.04 bits per heavy atom. The first-order chi connectivity index (χ1) is 13.3. The van der Waals surface area contributed by atoms with Crippen LogP contribution in [0.5, 0.6) is 0 Å². The minimum Gasteiger partial charge on any atom is -0.300 e. The molecule has 1 aliphatic heterocycles. The Bertz CT molecular complexity index is 931. The summed E-state index contributed by atoms with van der Waals surface area (Å²) < 4.78 is 27.9. The minimum absolute atomic E-state index is 0.142. The van der Waals surface area contributed by atoms with Crippen molar-refractivity contribution in [3.63, 3.8) is 0 Å². The highest BCUT2D eigenvalue weighted by molar-refractivity contribution is 8.01. The van der Waals surface area contributed by atoms with E-state index in [1.54, 1.807) is 23.9 Å². The van der Waals surface area contributed by atoms with Crippen molar-refractivity contribution in [1.82, 2.24) is 14.5 Å². The summed E-state index contributed by atoms with van der Waals surface area (Å²) in [6, 6.07) is 6.06. The Kier molecular flexibility index (Phi) is 6.98. The zero-order valence-electron chi connectivity index (χ0n) is 15.5. The predicted molar refractivity (Wildman–Crippen MR) is 112 cm³/mol. The van der Waals surface area contributed by atoms with E-state index in [1.807, 2.05) is 0 Å². The third-order valence-corrected chi connectivity index (χ3v) is 8.24. The van der Waals surface area contributed by atoms with Crippen molar-refractivity contribution in [2.24, 2.45) is 5.92 Å². The third kappa shape index (κ3) is 5.24. The van der Waals surface area contributed by atoms with Crippen LogP contribution in [0.4, 0.5) is 5.13 Å². The zero-order chi connectivity index (χ0) is 20.3. The Morgan fingerprint density at radius 1 is 1.32 bits per heavy atom. The number of thioether (sulfide) groups is 1. The molecule has 0 radical (unpaired) electrons. The molecule has 0 bridgehead atoms. The second kappa shape index (κ2) is 9.08. The summed E-state index contributed by atoms with van der Waals surface area (Å²) in [5.41, 5.74) is 0. The molecule has 1 amide bonds. The van der Waals surface area contributed by atoms with Crippen LogP contribution >= 0.6 is 34.7 Å². The van der Waals surface area contributed by atoms with Gasteiger partial charge in [-0.25, -0.2) is 8.42 Å². The van der Waals surface area contributed by atoms with Crippen LogP contribution in [-0.2, 0) is 14.8 Å². The number of anilines is 1. The molecule has 0 saturated carbocycles. The lowest BCUT2D eigenvalue weighted by molar-refractivity contribution is -0.120. The number of sulfonamides is 1. The van der Waals surface area contributed by atoms with E-state index in [1.165, 1.54) is 27.8 Å². The first-order valence-corrected chi connectivity index (χ1v) is 12.3. The average Bonchev–Trinajstić information content (AvgIpc) is 3.08. The average molecular weight is 461 g/mol. The molecule has 1 N–H and O–H groups in total. The van der Waals surface area contributed by atoms with Crippen molar-refractivity contribution >= 4 is 55.8 Å². The highest BCUT2D eigenvalue weighted by Crippen LogP contribution is 2.30. The second-order valence-corrected chi connectivity index (χ2v) is 11.9. The monoisotopic (exact) mass is 460 g/mol. The number of aromatic nitrogens is 2. The highest BCUT2D eigenvalue weighted by atomic mass is 35.5. The molecule has 1 aromatic heterocycles. The number of piperidine rings is 1. The van der Waals surface area contributed by atoms with E-state index in [-0.39, 0.29) is 17.3 Å². The molecule has 0 spiro atoms. The van der Waals surface area contributed by atoms with E-state index in [0.717, 1.165) is 4.34 Å². The number of benzene rings is 1. The second-order valence-electron chi connectivity index (χ2n) is 6.69. The van der Waals surface area contributed by atoms with Crippen LogP contribution in [-0.4, -0.2) is 47.2 Å². The van der Waals surface area contributed by atoms with Gasteiger partial charge < -0.3 is 5.32 Å². The van der Waals surface area contributed by atoms with Crippen molar-refractivity contribution in [2.75, 3.05) is 18.4 Å². The molecule has 1 aromatic carbocycles. The Hall–Kier alpha value is -1.20. The van der Waals surface area contributed by atoms with Crippen molar-refractivity contribution < 1.29 is 13.2 Å². The van der Waals surface area contributed by atoms with Crippen LogP contribution in [0.2, 0.25) is 5.02 Å². The summed E-state index contributed by atoms with van der Waals surface area (Å²) in [7, 11) is -3.66. The number of nitrogens with one attached hydrogen (secondary N) is 1. The van der Waals surface area contributed by atoms with E-state index in [0.29, 0.717) is 34.8 Å². The molecule has 152 valence electrons. The fourth-order valence-electron chi connectivity index (χ4n) is 2.85. The van der Waals surface area contributed by atoms with Crippen LogP contribution in [0, 0.1) is 5.92 Å². The van der Waals surface area contributed by atoms with Gasteiger partial charge in [-0.2, -0.15) is 4.31 Å². The number of halogens is 1. The SMILES string of the molecule is CC(C)Sc1nnc(NC(=O)[C@@H]2CCCN(S(=O)(=O)c3ccc(Cl)cc3)C2)s1. The molecule has 0 aliphatic carbocycles. The molecule has 11 heteroatoms. The molecule has 1 atom stereocenters. The van der Waals surface area contributed by atoms with E-state index in [9.17, 15) is 13.2 Å². The third-order valence-electron chi connectivity index (χ3n) is 4.18. The van der Waals surface area contributed by atoms with Gasteiger partial charge in [0.1, 0.15) is 0 Å². The summed E-state index contributed by atoms with van der Waals surface area (Å²) in [5.74, 6) is -0.658. The summed E-state index contributed by atoms with van der Waals surface area (Å²) >= 11 is 8.75. The lowest BCUT2D eigenvalue weighted by atomic mass is 9.99. The molecule has 1 fully saturated rings. The van der Waals surface area contributed by atoms with Crippen molar-refractivity contribution in [2.45, 2.75) is 41.2 Å². The van der Waals surface area contributed by atoms with Gasteiger partial charge in [0, 0.05) is 23.4 Å². The van der Waals surface area contributed by atoms with Crippen LogP contribution in [0.1, 0.15) is 26.7 Å². The van der Waals surface area contributed by atoms with Crippen LogP contribution < -0.4 is 5.32 Å². The molecule has 0 unspecified atom stereocenters. The molecule has 7 nitrogen and oxygen atoms in total. The van der Waals surface area contributed by atoms with Gasteiger partial charge in [0.05, 0.1) is 10.8 Å². The summed E-state index contributed by atoms with van der Waals surface area (Å²) in [6.07, 6.45) is 1.25. The number of nitrogens with zero attached hydrogens (tertiary/aromatic N) is 3. The number of carbonyl (C=O) groups excluding carboxylic acids is 1. The maximum absolute atomic E-state index is 12.9. The fraction of sp³-hybridized carbons (Fsp3) is 0.471. The van der Waals surface area contributed by atoms with Crippen LogP contribution in [0.3, 0.4) is 0 Å². The quantitative estimate of drug-likeness (QED) is 0.521. The first kappa shape index (κ1) is 21.5. The number of hydrogen-bond acceptors (Lipinski definition) is 7. The minimum atomic E-state index is -3.66. The normalized spacial score (nSPS) is 18.4. The van der Waals surface area contributed by atoms with Gasteiger partial charge in [-0.05, 0) is 37.1 Å². The highest BCUT2D eigenvalue weighted by Gasteiger charge is 2.33. The number of carbonyl (C=O) groups is 1. The lowest BCUT2D eigenvalue weighted by Crippen LogP contribution is -2.43. The van der Waals surface area contributed by atoms with Gasteiger partial charge in [-0.15, -0.1) is 10.2 Å². The standard InChI is InChI=1S/C17H21ClN4O3S3/c1-11(2)26-17-21-20-16(27-17)19-15(23)12-4-3-9-22(10-12)28(24,25)14-7-5-13(18)6-8-14/h5-8,11-12H,3-4,9-10H2,1-2H3,(H,19,20,23)/t12-/m1/s1. The van der Waals surface area contributed by atoms with Crippen molar-refractivity contribution in [1.29, 1.82) is 0 Å². The van der Waals surface area contributed by atoms with Crippen molar-refractivity contribution in [3.8, 4) is 0 Å². The van der Waals surface area contributed by atoms with Crippen LogP contribution in [0.15, 0.2) is 33.5 Å². The summed E-state index contributed by atoms with van der Waals surface area (Å²) in [6.45, 7) is 4.65. The molecule has 28 heavy (non-hydrogen) atoms. The number of rotatable bonds is 6. The predicted octanol–water partition coefficient (Wildman–Crippen LogP) is 3.73. The van der Waals surface area contributed by atoms with Gasteiger partial charge in [-0.3, -0.25) is 4.79 Å². The Balaban J connectivity index is 1.66. The Morgan fingerprint density at radius 3 is 2.71 bits per heavy atom. The summed E-state index contributed by atoms with van der Waals surface area (Å²) in [5, 5.41) is 12.1. The molecule has 1 aliphatic rings. The molecular weight excluding hydrogens is 440 g/mol. The van der Waals surface area contributed by atoms with Crippen LogP contribution in [0.25, 0.3) is 0 Å². The zero-order valence-corrected chi connectivity index (χ0v) is 18.7. The van der Waals surface area contributed by atoms with Gasteiger partial charge in [0.2, 0.25) is 21.1 Å². The molecular formula is C17H21ClN4O3S3. The fourth-order valence-corrected chi connectivity index (χ4v) is 6.48. The van der Waals surface area contributed by atoms with Crippen molar-refractivity contribution in [3.05, 3.63) is 29.3 Å². The van der Waals surface area contributed by atoms with Gasteiger partial charge in [0.25, 0.3) is 0 Å². The maximum Gasteiger partial charge on any atom is 0.243 e. The van der Waals surface area contributed by atoms with E-state index in [2.05, 4.69) is 29.4 Å². The molecule has 2 aromatic rings. The summed E-state index contributed by atoms with van der Waals surface area (Å²) in [4.78, 5) is 12.8. The molecule has 2 heterocycles. The smallest absolute Gasteiger partial charge is 0.243 e.